The van der Waals surface area contributed by atoms with E-state index in [1.54, 1.807) is 7.69 Å². The molecule has 3 aliphatic carbocycles. The molecule has 4 atom stereocenters. The lowest BCUT2D eigenvalue weighted by molar-refractivity contribution is -0.199. The van der Waals surface area contributed by atoms with Gasteiger partial charge in [0, 0.05) is 0 Å². The molecule has 71 valence electrons. The molecule has 0 aromatic heterocycles. The average molecular weight is 179 g/mol. The summed E-state index contributed by atoms with van der Waals surface area (Å²) in [5, 5.41) is 0. The van der Waals surface area contributed by atoms with Gasteiger partial charge < -0.3 is 9.31 Å². The summed E-state index contributed by atoms with van der Waals surface area (Å²) in [6, 6.07) is 0. The molecule has 13 heavy (non-hydrogen) atoms. The second-order valence-corrected chi connectivity index (χ2v) is 5.56. The molecular formula is C10H16BO2. The van der Waals surface area contributed by atoms with Gasteiger partial charge in [0.15, 0.2) is 0 Å². The molecule has 4 rings (SSSR count). The van der Waals surface area contributed by atoms with Crippen molar-refractivity contribution < 1.29 is 9.31 Å². The predicted molar refractivity (Wildman–Crippen MR) is 50.1 cm³/mol. The minimum absolute atomic E-state index is 0.0295. The van der Waals surface area contributed by atoms with Crippen LogP contribution in [0.2, 0.25) is 0 Å². The van der Waals surface area contributed by atoms with Crippen molar-refractivity contribution >= 4 is 7.69 Å². The van der Waals surface area contributed by atoms with Gasteiger partial charge in [0.25, 0.3) is 0 Å². The van der Waals surface area contributed by atoms with E-state index < -0.39 is 0 Å². The van der Waals surface area contributed by atoms with Gasteiger partial charge in [-0.2, -0.15) is 0 Å². The molecule has 0 aromatic carbocycles. The minimum Gasteiger partial charge on any atom is -0.407 e. The van der Waals surface area contributed by atoms with Crippen molar-refractivity contribution in [3.8, 4) is 0 Å². The van der Waals surface area contributed by atoms with Gasteiger partial charge in [-0.1, -0.05) is 13.8 Å². The van der Waals surface area contributed by atoms with Crippen LogP contribution >= 0.6 is 0 Å². The Morgan fingerprint density at radius 1 is 1.23 bits per heavy atom. The maximum absolute atomic E-state index is 5.68. The zero-order valence-electron chi connectivity index (χ0n) is 8.54. The molecule has 0 amide bonds. The molecular weight excluding hydrogens is 163 g/mol. The highest BCUT2D eigenvalue weighted by Crippen LogP contribution is 2.65. The molecule has 1 radical (unpaired) electrons. The number of hydrogen-bond acceptors (Lipinski definition) is 2. The summed E-state index contributed by atoms with van der Waals surface area (Å²) < 4.78 is 11.2. The fourth-order valence-electron chi connectivity index (χ4n) is 3.65. The highest BCUT2D eigenvalue weighted by Gasteiger charge is 2.65. The third kappa shape index (κ3) is 0.786. The highest BCUT2D eigenvalue weighted by atomic mass is 16.6. The van der Waals surface area contributed by atoms with E-state index in [-0.39, 0.29) is 5.60 Å². The van der Waals surface area contributed by atoms with E-state index in [4.69, 9.17) is 9.31 Å². The third-order valence-electron chi connectivity index (χ3n) is 4.82. The summed E-state index contributed by atoms with van der Waals surface area (Å²) in [5.74, 6) is 1.54. The minimum atomic E-state index is -0.0295. The summed E-state index contributed by atoms with van der Waals surface area (Å²) in [4.78, 5) is 0. The third-order valence-corrected chi connectivity index (χ3v) is 4.82. The van der Waals surface area contributed by atoms with Gasteiger partial charge >= 0.3 is 7.69 Å². The van der Waals surface area contributed by atoms with Crippen LogP contribution in [0.25, 0.3) is 0 Å². The van der Waals surface area contributed by atoms with Gasteiger partial charge in [-0.25, -0.2) is 0 Å². The van der Waals surface area contributed by atoms with Crippen LogP contribution in [-0.2, 0) is 9.31 Å². The summed E-state index contributed by atoms with van der Waals surface area (Å²) in [7, 11) is 1.56. The van der Waals surface area contributed by atoms with Crippen molar-refractivity contribution in [1.29, 1.82) is 0 Å². The van der Waals surface area contributed by atoms with Crippen molar-refractivity contribution in [2.75, 3.05) is 0 Å². The molecule has 0 N–H and O–H groups in total. The van der Waals surface area contributed by atoms with Crippen LogP contribution in [0, 0.1) is 17.3 Å². The summed E-state index contributed by atoms with van der Waals surface area (Å²) in [6.07, 6.45) is 2.83. The molecule has 1 saturated heterocycles. The Morgan fingerprint density at radius 2 is 2.00 bits per heavy atom. The highest BCUT2D eigenvalue weighted by molar-refractivity contribution is 6.19. The maximum Gasteiger partial charge on any atom is 0.488 e. The van der Waals surface area contributed by atoms with Crippen LogP contribution < -0.4 is 0 Å². The van der Waals surface area contributed by atoms with E-state index in [9.17, 15) is 0 Å². The fourth-order valence-corrected chi connectivity index (χ4v) is 3.65. The molecule has 4 aliphatic rings. The van der Waals surface area contributed by atoms with Gasteiger partial charge in [-0.05, 0) is 37.0 Å². The van der Waals surface area contributed by atoms with Crippen LogP contribution in [0.4, 0.5) is 0 Å². The van der Waals surface area contributed by atoms with Crippen molar-refractivity contribution in [3.63, 3.8) is 0 Å². The van der Waals surface area contributed by atoms with Gasteiger partial charge in [0.1, 0.15) is 0 Å². The Bertz CT molecular complexity index is 253. The molecule has 2 bridgehead atoms. The Morgan fingerprint density at radius 3 is 2.69 bits per heavy atom. The van der Waals surface area contributed by atoms with Gasteiger partial charge in [-0.15, -0.1) is 0 Å². The maximum atomic E-state index is 5.68. The first-order valence-corrected chi connectivity index (χ1v) is 5.20. The monoisotopic (exact) mass is 179 g/mol. The largest absolute Gasteiger partial charge is 0.488 e. The zero-order chi connectivity index (χ0) is 9.27. The Hall–Kier alpha value is -0.0151. The van der Waals surface area contributed by atoms with E-state index in [2.05, 4.69) is 20.8 Å². The van der Waals surface area contributed by atoms with Crippen molar-refractivity contribution in [1.82, 2.24) is 0 Å². The zero-order valence-corrected chi connectivity index (χ0v) is 8.54. The van der Waals surface area contributed by atoms with Gasteiger partial charge in [-0.3, -0.25) is 0 Å². The van der Waals surface area contributed by atoms with Crippen LogP contribution in [0.5, 0.6) is 0 Å². The van der Waals surface area contributed by atoms with Crippen LogP contribution in [0.1, 0.15) is 33.6 Å². The van der Waals surface area contributed by atoms with E-state index in [0.29, 0.717) is 17.4 Å². The molecule has 3 heteroatoms. The normalized spacial score (nSPS) is 56.4. The summed E-state index contributed by atoms with van der Waals surface area (Å²) >= 11 is 0. The molecule has 4 fully saturated rings. The first-order chi connectivity index (χ1) is 6.05. The van der Waals surface area contributed by atoms with Gasteiger partial charge in [0.05, 0.1) is 11.7 Å². The second-order valence-electron chi connectivity index (χ2n) is 5.56. The molecule has 3 saturated carbocycles. The molecule has 1 heterocycles. The lowest BCUT2D eigenvalue weighted by Crippen LogP contribution is -2.65. The summed E-state index contributed by atoms with van der Waals surface area (Å²) in [6.45, 7) is 6.95. The van der Waals surface area contributed by atoms with Gasteiger partial charge in [0.2, 0.25) is 0 Å². The molecule has 0 aromatic rings. The van der Waals surface area contributed by atoms with Crippen LogP contribution in [0.3, 0.4) is 0 Å². The smallest absolute Gasteiger partial charge is 0.407 e. The molecule has 1 aliphatic heterocycles. The predicted octanol–water partition coefficient (Wildman–Crippen LogP) is 1.76. The lowest BCUT2D eigenvalue weighted by Gasteiger charge is -2.64. The Balaban J connectivity index is 1.97. The SMILES string of the molecule is CC1(C)C2CC3O[B]O[C@@]3(C)[C@H]1C2. The Labute approximate surface area is 80.3 Å². The second kappa shape index (κ2) is 2.14. The topological polar surface area (TPSA) is 18.5 Å². The first-order valence-electron chi connectivity index (χ1n) is 5.20. The van der Waals surface area contributed by atoms with E-state index >= 15 is 0 Å². The average Bonchev–Trinajstić information content (AvgIpc) is 2.44. The number of rotatable bonds is 0. The van der Waals surface area contributed by atoms with E-state index in [1.807, 2.05) is 0 Å². The summed E-state index contributed by atoms with van der Waals surface area (Å²) in [5.41, 5.74) is 0.436. The molecule has 0 spiro atoms. The first kappa shape index (κ1) is 8.31. The molecule has 2 unspecified atom stereocenters. The number of hydrogen-bond donors (Lipinski definition) is 0. The van der Waals surface area contributed by atoms with E-state index in [0.717, 1.165) is 5.92 Å². The van der Waals surface area contributed by atoms with Crippen molar-refractivity contribution in [3.05, 3.63) is 0 Å². The van der Waals surface area contributed by atoms with E-state index in [1.165, 1.54) is 12.8 Å². The lowest BCUT2D eigenvalue weighted by atomic mass is 9.43. The van der Waals surface area contributed by atoms with Crippen molar-refractivity contribution in [2.24, 2.45) is 17.3 Å². The fraction of sp³-hybridized carbons (Fsp3) is 1.00. The standard InChI is InChI=1S/C10H16BO2/c1-9(2)6-4-7(9)10(3)8(5-6)12-11-13-10/h6-8H,4-5H2,1-3H3/t6?,7-,8?,10-/m0/s1. The van der Waals surface area contributed by atoms with Crippen LogP contribution in [-0.4, -0.2) is 19.4 Å². The Kier molecular flexibility index (Phi) is 1.37. The van der Waals surface area contributed by atoms with Crippen molar-refractivity contribution in [2.45, 2.75) is 45.3 Å². The molecule has 2 nitrogen and oxygen atoms in total. The van der Waals surface area contributed by atoms with Crippen LogP contribution in [0.15, 0.2) is 0 Å². The quantitative estimate of drug-likeness (QED) is 0.527.